The van der Waals surface area contributed by atoms with Gasteiger partial charge in [0.1, 0.15) is 5.82 Å². The molecule has 0 aliphatic rings. The summed E-state index contributed by atoms with van der Waals surface area (Å²) in [7, 11) is 0. The number of benzene rings is 1. The predicted octanol–water partition coefficient (Wildman–Crippen LogP) is 3.65. The van der Waals surface area contributed by atoms with Gasteiger partial charge in [-0.15, -0.1) is 0 Å². The van der Waals surface area contributed by atoms with Crippen molar-refractivity contribution >= 4 is 27.6 Å². The van der Waals surface area contributed by atoms with Gasteiger partial charge in [0.15, 0.2) is 0 Å². The van der Waals surface area contributed by atoms with Gasteiger partial charge < -0.3 is 10.4 Å². The lowest BCUT2D eigenvalue weighted by Crippen LogP contribution is -2.02. The van der Waals surface area contributed by atoms with E-state index < -0.39 is 5.97 Å². The summed E-state index contributed by atoms with van der Waals surface area (Å²) < 4.78 is 13.6. The van der Waals surface area contributed by atoms with Crippen molar-refractivity contribution in [3.05, 3.63) is 28.5 Å². The molecular weight excluding hydrogens is 289 g/mol. The van der Waals surface area contributed by atoms with Gasteiger partial charge in [0.25, 0.3) is 0 Å². The maximum absolute atomic E-state index is 13.1. The van der Waals surface area contributed by atoms with E-state index in [1.807, 2.05) is 0 Å². The molecule has 94 valence electrons. The molecule has 0 atom stereocenters. The minimum atomic E-state index is -0.757. The topological polar surface area (TPSA) is 49.3 Å². The molecule has 1 aromatic carbocycles. The van der Waals surface area contributed by atoms with E-state index in [9.17, 15) is 9.18 Å². The minimum Gasteiger partial charge on any atom is -0.481 e. The van der Waals surface area contributed by atoms with Gasteiger partial charge in [-0.25, -0.2) is 4.39 Å². The fraction of sp³-hybridized carbons (Fsp3) is 0.417. The number of unbranched alkanes of at least 4 members (excludes halogenated alkanes) is 2. The molecule has 17 heavy (non-hydrogen) atoms. The molecule has 0 spiro atoms. The molecule has 2 N–H and O–H groups in total. The van der Waals surface area contributed by atoms with Crippen molar-refractivity contribution in [2.24, 2.45) is 0 Å². The van der Waals surface area contributed by atoms with E-state index in [2.05, 4.69) is 21.2 Å². The molecule has 0 saturated heterocycles. The number of carbonyl (C=O) groups is 1. The van der Waals surface area contributed by atoms with Crippen LogP contribution in [0.5, 0.6) is 0 Å². The summed E-state index contributed by atoms with van der Waals surface area (Å²) in [6.07, 6.45) is 2.64. The van der Waals surface area contributed by atoms with Gasteiger partial charge >= 0.3 is 5.97 Å². The smallest absolute Gasteiger partial charge is 0.303 e. The number of aliphatic carboxylic acids is 1. The van der Waals surface area contributed by atoms with Crippen molar-refractivity contribution < 1.29 is 14.3 Å². The molecule has 0 unspecified atom stereocenters. The molecule has 0 aliphatic heterocycles. The Morgan fingerprint density at radius 1 is 1.35 bits per heavy atom. The third-order valence-electron chi connectivity index (χ3n) is 2.32. The number of rotatable bonds is 7. The lowest BCUT2D eigenvalue weighted by atomic mass is 10.2. The van der Waals surface area contributed by atoms with E-state index in [-0.39, 0.29) is 12.2 Å². The van der Waals surface area contributed by atoms with Crippen molar-refractivity contribution in [2.75, 3.05) is 11.9 Å². The average Bonchev–Trinajstić information content (AvgIpc) is 2.27. The number of anilines is 1. The second-order valence-corrected chi connectivity index (χ2v) is 4.61. The highest BCUT2D eigenvalue weighted by atomic mass is 79.9. The number of hydrogen-bond acceptors (Lipinski definition) is 2. The van der Waals surface area contributed by atoms with Crippen LogP contribution >= 0.6 is 15.9 Å². The van der Waals surface area contributed by atoms with Crippen LogP contribution in [0.1, 0.15) is 25.7 Å². The van der Waals surface area contributed by atoms with Crippen LogP contribution in [0, 0.1) is 5.82 Å². The predicted molar refractivity (Wildman–Crippen MR) is 68.7 cm³/mol. The van der Waals surface area contributed by atoms with Crippen LogP contribution in [0.15, 0.2) is 22.7 Å². The monoisotopic (exact) mass is 303 g/mol. The van der Waals surface area contributed by atoms with Gasteiger partial charge in [-0.05, 0) is 47.0 Å². The Morgan fingerprint density at radius 2 is 2.12 bits per heavy atom. The Morgan fingerprint density at radius 3 is 2.76 bits per heavy atom. The third-order valence-corrected chi connectivity index (χ3v) is 2.96. The molecule has 0 saturated carbocycles. The third kappa shape index (κ3) is 5.68. The second-order valence-electron chi connectivity index (χ2n) is 3.76. The van der Waals surface area contributed by atoms with E-state index in [0.29, 0.717) is 10.9 Å². The Kier molecular flexibility index (Phi) is 5.97. The minimum absolute atomic E-state index is 0.215. The van der Waals surface area contributed by atoms with Crippen LogP contribution in [-0.2, 0) is 4.79 Å². The van der Waals surface area contributed by atoms with Crippen molar-refractivity contribution in [2.45, 2.75) is 25.7 Å². The summed E-state index contributed by atoms with van der Waals surface area (Å²) in [5, 5.41) is 11.5. The van der Waals surface area contributed by atoms with E-state index >= 15 is 0 Å². The van der Waals surface area contributed by atoms with E-state index in [0.717, 1.165) is 25.1 Å². The Hall–Kier alpha value is -1.10. The molecule has 0 aliphatic carbocycles. The number of carboxylic acid groups (broad SMARTS) is 1. The zero-order valence-corrected chi connectivity index (χ0v) is 11.0. The molecule has 0 fully saturated rings. The molecule has 3 nitrogen and oxygen atoms in total. The zero-order chi connectivity index (χ0) is 12.7. The summed E-state index contributed by atoms with van der Waals surface area (Å²) in [6, 6.07) is 4.88. The van der Waals surface area contributed by atoms with Gasteiger partial charge in [0.05, 0.1) is 4.47 Å². The molecule has 5 heteroatoms. The maximum atomic E-state index is 13.1. The average molecular weight is 304 g/mol. The van der Waals surface area contributed by atoms with Gasteiger partial charge in [0.2, 0.25) is 0 Å². The Balaban J connectivity index is 2.18. The highest BCUT2D eigenvalue weighted by Gasteiger charge is 2.00. The highest BCUT2D eigenvalue weighted by molar-refractivity contribution is 9.10. The van der Waals surface area contributed by atoms with Crippen molar-refractivity contribution in [3.8, 4) is 0 Å². The van der Waals surface area contributed by atoms with Crippen LogP contribution in [0.25, 0.3) is 0 Å². The number of halogens is 2. The SMILES string of the molecule is O=C(O)CCCCCNc1ccc(Br)c(F)c1. The van der Waals surface area contributed by atoms with Crippen molar-refractivity contribution in [3.63, 3.8) is 0 Å². The van der Waals surface area contributed by atoms with Gasteiger partial charge in [-0.2, -0.15) is 0 Å². The van der Waals surface area contributed by atoms with Crippen LogP contribution in [0.4, 0.5) is 10.1 Å². The number of nitrogens with one attached hydrogen (secondary N) is 1. The van der Waals surface area contributed by atoms with Gasteiger partial charge in [0, 0.05) is 18.7 Å². The van der Waals surface area contributed by atoms with E-state index in [1.54, 1.807) is 12.1 Å². The van der Waals surface area contributed by atoms with Gasteiger partial charge in [-0.1, -0.05) is 6.42 Å². The van der Waals surface area contributed by atoms with Gasteiger partial charge in [-0.3, -0.25) is 4.79 Å². The van der Waals surface area contributed by atoms with Crippen molar-refractivity contribution in [1.82, 2.24) is 0 Å². The molecule has 1 aromatic rings. The summed E-state index contributed by atoms with van der Waals surface area (Å²) in [5.74, 6) is -1.05. The molecule has 0 bridgehead atoms. The van der Waals surface area contributed by atoms with Crippen LogP contribution in [-0.4, -0.2) is 17.6 Å². The first-order chi connectivity index (χ1) is 8.09. The van der Waals surface area contributed by atoms with Crippen LogP contribution < -0.4 is 5.32 Å². The van der Waals surface area contributed by atoms with Crippen molar-refractivity contribution in [1.29, 1.82) is 0 Å². The first-order valence-corrected chi connectivity index (χ1v) is 6.29. The number of hydrogen-bond donors (Lipinski definition) is 2. The summed E-state index contributed by atoms with van der Waals surface area (Å²) in [6.45, 7) is 0.723. The highest BCUT2D eigenvalue weighted by Crippen LogP contribution is 2.19. The molecule has 0 aromatic heterocycles. The number of carboxylic acids is 1. The van der Waals surface area contributed by atoms with Crippen LogP contribution in [0.3, 0.4) is 0 Å². The normalized spacial score (nSPS) is 10.2. The van der Waals surface area contributed by atoms with E-state index in [4.69, 9.17) is 5.11 Å². The Bertz CT molecular complexity index is 385. The fourth-order valence-corrected chi connectivity index (χ4v) is 1.66. The summed E-state index contributed by atoms with van der Waals surface area (Å²) >= 11 is 3.09. The molecule has 0 radical (unpaired) electrons. The van der Waals surface area contributed by atoms with Crippen LogP contribution in [0.2, 0.25) is 0 Å². The largest absolute Gasteiger partial charge is 0.481 e. The quantitative estimate of drug-likeness (QED) is 0.756. The van der Waals surface area contributed by atoms with E-state index in [1.165, 1.54) is 6.07 Å². The zero-order valence-electron chi connectivity index (χ0n) is 9.38. The standard InChI is InChI=1S/C12H15BrFNO2/c13-10-6-5-9(8-11(10)14)15-7-3-1-2-4-12(16)17/h5-6,8,15H,1-4,7H2,(H,16,17). The Labute approximate surface area is 108 Å². The summed E-state index contributed by atoms with van der Waals surface area (Å²) in [4.78, 5) is 10.3. The molecule has 0 amide bonds. The maximum Gasteiger partial charge on any atom is 0.303 e. The lowest BCUT2D eigenvalue weighted by molar-refractivity contribution is -0.137. The molecule has 0 heterocycles. The fourth-order valence-electron chi connectivity index (χ4n) is 1.42. The summed E-state index contributed by atoms with van der Waals surface area (Å²) in [5.41, 5.74) is 0.740. The first kappa shape index (κ1) is 14.0. The molecular formula is C12H15BrFNO2. The lowest BCUT2D eigenvalue weighted by Gasteiger charge is -2.06. The molecule has 1 rings (SSSR count). The second kappa shape index (κ2) is 7.27. The first-order valence-electron chi connectivity index (χ1n) is 5.50.